The van der Waals surface area contributed by atoms with E-state index in [9.17, 15) is 0 Å². The number of hydrogen-bond donors (Lipinski definition) is 1. The van der Waals surface area contributed by atoms with E-state index in [1.807, 2.05) is 31.3 Å². The lowest BCUT2D eigenvalue weighted by Crippen LogP contribution is -2.15. The van der Waals surface area contributed by atoms with E-state index >= 15 is 0 Å². The molecule has 0 bridgehead atoms. The Morgan fingerprint density at radius 3 is 2.48 bits per heavy atom. The lowest BCUT2D eigenvalue weighted by molar-refractivity contribution is 0.114. The third kappa shape index (κ3) is 4.78. The van der Waals surface area contributed by atoms with Gasteiger partial charge in [-0.2, -0.15) is 5.10 Å². The van der Waals surface area contributed by atoms with Crippen LogP contribution in [0.5, 0.6) is 0 Å². The molecule has 0 aliphatic rings. The third-order valence-electron chi connectivity index (χ3n) is 4.97. The highest BCUT2D eigenvalue weighted by molar-refractivity contribution is 5.82. The summed E-state index contributed by atoms with van der Waals surface area (Å²) >= 11 is 0. The van der Waals surface area contributed by atoms with Crippen molar-refractivity contribution in [3.63, 3.8) is 0 Å². The number of aryl methyl sites for hydroxylation is 1. The second kappa shape index (κ2) is 9.30. The van der Waals surface area contributed by atoms with Crippen LogP contribution in [-0.4, -0.2) is 32.9 Å². The highest BCUT2D eigenvalue weighted by Gasteiger charge is 2.15. The van der Waals surface area contributed by atoms with Crippen LogP contribution < -0.4 is 5.32 Å². The minimum Gasteiger partial charge on any atom is -0.377 e. The summed E-state index contributed by atoms with van der Waals surface area (Å²) in [6.07, 6.45) is 4.30. The third-order valence-corrected chi connectivity index (χ3v) is 4.97. The van der Waals surface area contributed by atoms with E-state index in [-0.39, 0.29) is 0 Å². The van der Waals surface area contributed by atoms with Crippen molar-refractivity contribution in [3.8, 4) is 0 Å². The fraction of sp³-hybridized carbons (Fsp3) is 0.261. The first-order valence-corrected chi connectivity index (χ1v) is 9.85. The normalized spacial score (nSPS) is 12.2. The molecule has 29 heavy (non-hydrogen) atoms. The van der Waals surface area contributed by atoms with Crippen molar-refractivity contribution in [2.24, 2.45) is 7.05 Å². The van der Waals surface area contributed by atoms with Crippen LogP contribution in [0.2, 0.25) is 0 Å². The van der Waals surface area contributed by atoms with Gasteiger partial charge >= 0.3 is 0 Å². The molecule has 148 valence electrons. The van der Waals surface area contributed by atoms with E-state index in [0.29, 0.717) is 19.1 Å². The van der Waals surface area contributed by atoms with Crippen LogP contribution in [0, 0.1) is 0 Å². The number of benzene rings is 2. The average Bonchev–Trinajstić information content (AvgIpc) is 3.10. The van der Waals surface area contributed by atoms with Crippen molar-refractivity contribution in [1.82, 2.24) is 19.7 Å². The van der Waals surface area contributed by atoms with Crippen LogP contribution in [0.4, 0.5) is 5.82 Å². The van der Waals surface area contributed by atoms with Crippen LogP contribution in [0.25, 0.3) is 11.2 Å². The molecule has 4 aromatic rings. The number of nitrogens with zero attached hydrogens (tertiary/aromatic N) is 4. The standard InChI is InChI=1S/C23H25N5O/c1-28-23-21(24-13-14-25-23)22(27-28)26-16-20(19-10-6-3-7-11-19)12-15-29-17-18-8-4-2-5-9-18/h2-11,13-14,20H,12,15-17H2,1H3,(H,26,27). The minimum absolute atomic E-state index is 0.306. The quantitative estimate of drug-likeness (QED) is 0.437. The highest BCUT2D eigenvalue weighted by atomic mass is 16.5. The molecule has 4 rings (SSSR count). The smallest absolute Gasteiger partial charge is 0.178 e. The summed E-state index contributed by atoms with van der Waals surface area (Å²) in [5.74, 6) is 1.07. The van der Waals surface area contributed by atoms with Crippen molar-refractivity contribution in [2.75, 3.05) is 18.5 Å². The predicted octanol–water partition coefficient (Wildman–Crippen LogP) is 4.17. The SMILES string of the molecule is Cn1nc(NCC(CCOCc2ccccc2)c2ccccc2)c2nccnc21. The first-order valence-electron chi connectivity index (χ1n) is 9.85. The number of fused-ring (bicyclic) bond motifs is 1. The largest absolute Gasteiger partial charge is 0.377 e. The van der Waals surface area contributed by atoms with Crippen molar-refractivity contribution >= 4 is 17.0 Å². The van der Waals surface area contributed by atoms with Gasteiger partial charge in [-0.25, -0.2) is 14.6 Å². The lowest BCUT2D eigenvalue weighted by Gasteiger charge is -2.18. The fourth-order valence-electron chi connectivity index (χ4n) is 3.42. The number of nitrogens with one attached hydrogen (secondary N) is 1. The van der Waals surface area contributed by atoms with Gasteiger partial charge in [-0.1, -0.05) is 60.7 Å². The molecule has 1 unspecified atom stereocenters. The average molecular weight is 387 g/mol. The molecule has 0 spiro atoms. The molecule has 2 aromatic heterocycles. The summed E-state index contributed by atoms with van der Waals surface area (Å²) in [6.45, 7) is 2.08. The lowest BCUT2D eigenvalue weighted by atomic mass is 9.96. The van der Waals surface area contributed by atoms with Gasteiger partial charge < -0.3 is 10.1 Å². The van der Waals surface area contributed by atoms with Gasteiger partial charge in [0.05, 0.1) is 6.61 Å². The molecule has 1 N–H and O–H groups in total. The molecule has 0 amide bonds. The number of aromatic nitrogens is 4. The molecule has 6 heteroatoms. The van der Waals surface area contributed by atoms with Gasteiger partial charge in [-0.15, -0.1) is 0 Å². The van der Waals surface area contributed by atoms with E-state index in [2.05, 4.69) is 56.8 Å². The minimum atomic E-state index is 0.306. The van der Waals surface area contributed by atoms with E-state index in [1.54, 1.807) is 17.1 Å². The molecule has 1 atom stereocenters. The van der Waals surface area contributed by atoms with Crippen LogP contribution in [0.1, 0.15) is 23.5 Å². The second-order valence-corrected chi connectivity index (χ2v) is 7.02. The molecule has 0 saturated carbocycles. The van der Waals surface area contributed by atoms with Crippen molar-refractivity contribution in [1.29, 1.82) is 0 Å². The number of hydrogen-bond acceptors (Lipinski definition) is 5. The van der Waals surface area contributed by atoms with Crippen LogP contribution >= 0.6 is 0 Å². The van der Waals surface area contributed by atoms with Crippen LogP contribution in [-0.2, 0) is 18.4 Å². The Morgan fingerprint density at radius 1 is 0.966 bits per heavy atom. The highest BCUT2D eigenvalue weighted by Crippen LogP contribution is 2.23. The van der Waals surface area contributed by atoms with E-state index in [4.69, 9.17) is 4.74 Å². The Morgan fingerprint density at radius 2 is 1.69 bits per heavy atom. The summed E-state index contributed by atoms with van der Waals surface area (Å²) in [4.78, 5) is 8.78. The Hall–Kier alpha value is -3.25. The zero-order valence-corrected chi connectivity index (χ0v) is 16.5. The van der Waals surface area contributed by atoms with Gasteiger partial charge in [0.2, 0.25) is 0 Å². The molecule has 2 aromatic carbocycles. The van der Waals surface area contributed by atoms with Crippen molar-refractivity contribution < 1.29 is 4.74 Å². The molecule has 2 heterocycles. The summed E-state index contributed by atoms with van der Waals surface area (Å²) in [6, 6.07) is 20.8. The van der Waals surface area contributed by atoms with Crippen molar-refractivity contribution in [3.05, 3.63) is 84.2 Å². The molecule has 0 aliphatic heterocycles. The Bertz CT molecular complexity index is 1030. The molecular formula is C23H25N5O. The summed E-state index contributed by atoms with van der Waals surface area (Å²) in [5.41, 5.74) is 4.05. The zero-order chi connectivity index (χ0) is 19.9. The molecule has 6 nitrogen and oxygen atoms in total. The number of rotatable bonds is 9. The maximum absolute atomic E-state index is 5.93. The molecule has 0 saturated heterocycles. The second-order valence-electron chi connectivity index (χ2n) is 7.02. The monoisotopic (exact) mass is 387 g/mol. The number of ether oxygens (including phenoxy) is 1. The van der Waals surface area contributed by atoms with Gasteiger partial charge in [-0.3, -0.25) is 0 Å². The van der Waals surface area contributed by atoms with Gasteiger partial charge in [-0.05, 0) is 17.5 Å². The van der Waals surface area contributed by atoms with Crippen LogP contribution in [0.15, 0.2) is 73.1 Å². The molecule has 0 fully saturated rings. The maximum atomic E-state index is 5.93. The summed E-state index contributed by atoms with van der Waals surface area (Å²) in [5, 5.41) is 8.02. The van der Waals surface area contributed by atoms with E-state index in [0.717, 1.165) is 29.9 Å². The molecule has 0 radical (unpaired) electrons. The maximum Gasteiger partial charge on any atom is 0.178 e. The first kappa shape index (κ1) is 19.1. The fourth-order valence-corrected chi connectivity index (χ4v) is 3.42. The zero-order valence-electron chi connectivity index (χ0n) is 16.5. The van der Waals surface area contributed by atoms with Gasteiger partial charge in [0, 0.05) is 38.5 Å². The topological polar surface area (TPSA) is 64.9 Å². The first-order chi connectivity index (χ1) is 14.3. The van der Waals surface area contributed by atoms with E-state index in [1.165, 1.54) is 11.1 Å². The van der Waals surface area contributed by atoms with Crippen LogP contribution in [0.3, 0.4) is 0 Å². The molecular weight excluding hydrogens is 362 g/mol. The summed E-state index contributed by atoms with van der Waals surface area (Å²) in [7, 11) is 1.88. The molecule has 0 aliphatic carbocycles. The van der Waals surface area contributed by atoms with E-state index < -0.39 is 0 Å². The van der Waals surface area contributed by atoms with Crippen molar-refractivity contribution in [2.45, 2.75) is 18.9 Å². The Balaban J connectivity index is 1.40. The Kier molecular flexibility index (Phi) is 6.12. The Labute approximate surface area is 170 Å². The predicted molar refractivity (Wildman–Crippen MR) is 115 cm³/mol. The van der Waals surface area contributed by atoms with Gasteiger partial charge in [0.1, 0.15) is 0 Å². The summed E-state index contributed by atoms with van der Waals surface area (Å²) < 4.78 is 7.68. The number of anilines is 1. The van der Waals surface area contributed by atoms with Gasteiger partial charge in [0.25, 0.3) is 0 Å². The van der Waals surface area contributed by atoms with Gasteiger partial charge in [0.15, 0.2) is 17.0 Å².